The minimum Gasteiger partial charge on any atom is -0.353 e. The zero-order chi connectivity index (χ0) is 18.8. The lowest BCUT2D eigenvalue weighted by Gasteiger charge is -2.26. The maximum absolute atomic E-state index is 12.6. The number of hydrogen-bond donors (Lipinski definition) is 1. The Morgan fingerprint density at radius 1 is 1.15 bits per heavy atom. The summed E-state index contributed by atoms with van der Waals surface area (Å²) in [5.41, 5.74) is 4.31. The van der Waals surface area contributed by atoms with E-state index in [1.54, 1.807) is 17.0 Å². The van der Waals surface area contributed by atoms with Crippen molar-refractivity contribution in [1.82, 2.24) is 20.2 Å². The molecule has 2 amide bonds. The molecule has 1 aromatic carbocycles. The predicted octanol–water partition coefficient (Wildman–Crippen LogP) is 1.40. The van der Waals surface area contributed by atoms with Gasteiger partial charge in [-0.15, -0.1) is 0 Å². The summed E-state index contributed by atoms with van der Waals surface area (Å²) in [6.45, 7) is 5.09. The Balaban J connectivity index is 1.88. The molecule has 7 nitrogen and oxygen atoms in total. The number of nitrogens with zero attached hydrogens (tertiary/aromatic N) is 4. The SMILES string of the molecule is Cc1nc(N(C)C)nc(-c2ccc(C(=O)N3CCNC(=O)C3)cc2)c1C. The Morgan fingerprint density at radius 2 is 1.85 bits per heavy atom. The molecule has 136 valence electrons. The van der Waals surface area contributed by atoms with E-state index in [1.807, 2.05) is 45.0 Å². The molecular weight excluding hydrogens is 330 g/mol. The molecule has 0 saturated carbocycles. The molecule has 1 aromatic heterocycles. The van der Waals surface area contributed by atoms with Gasteiger partial charge in [0.25, 0.3) is 5.91 Å². The van der Waals surface area contributed by atoms with Crippen molar-refractivity contribution in [2.75, 3.05) is 38.6 Å². The highest BCUT2D eigenvalue weighted by Gasteiger charge is 2.22. The second-order valence-electron chi connectivity index (χ2n) is 6.63. The molecule has 1 saturated heterocycles. The van der Waals surface area contributed by atoms with Crippen molar-refractivity contribution in [1.29, 1.82) is 0 Å². The topological polar surface area (TPSA) is 78.4 Å². The molecule has 1 aliphatic heterocycles. The molecule has 2 aromatic rings. The van der Waals surface area contributed by atoms with Gasteiger partial charge in [-0.1, -0.05) is 12.1 Å². The summed E-state index contributed by atoms with van der Waals surface area (Å²) in [7, 11) is 3.81. The van der Waals surface area contributed by atoms with Gasteiger partial charge in [-0.2, -0.15) is 0 Å². The summed E-state index contributed by atoms with van der Waals surface area (Å²) < 4.78 is 0. The molecule has 0 radical (unpaired) electrons. The molecule has 1 N–H and O–H groups in total. The van der Waals surface area contributed by atoms with Gasteiger partial charge in [0.1, 0.15) is 0 Å². The predicted molar refractivity (Wildman–Crippen MR) is 100 cm³/mol. The molecule has 1 aliphatic rings. The number of anilines is 1. The van der Waals surface area contributed by atoms with Gasteiger partial charge in [0, 0.05) is 44.0 Å². The van der Waals surface area contributed by atoms with Gasteiger partial charge in [0.05, 0.1) is 12.2 Å². The molecule has 7 heteroatoms. The first-order valence-corrected chi connectivity index (χ1v) is 8.56. The highest BCUT2D eigenvalue weighted by atomic mass is 16.2. The summed E-state index contributed by atoms with van der Waals surface area (Å²) in [6.07, 6.45) is 0. The molecule has 26 heavy (non-hydrogen) atoms. The second kappa shape index (κ2) is 7.11. The second-order valence-corrected chi connectivity index (χ2v) is 6.63. The monoisotopic (exact) mass is 353 g/mol. The van der Waals surface area contributed by atoms with E-state index in [0.717, 1.165) is 22.5 Å². The van der Waals surface area contributed by atoms with E-state index in [0.29, 0.717) is 24.6 Å². The molecular formula is C19H23N5O2. The number of benzene rings is 1. The van der Waals surface area contributed by atoms with Gasteiger partial charge in [-0.05, 0) is 31.5 Å². The van der Waals surface area contributed by atoms with Gasteiger partial charge >= 0.3 is 0 Å². The first kappa shape index (κ1) is 17.8. The van der Waals surface area contributed by atoms with Crippen LogP contribution in [0.5, 0.6) is 0 Å². The van der Waals surface area contributed by atoms with Crippen molar-refractivity contribution in [2.24, 2.45) is 0 Å². The number of aromatic nitrogens is 2. The zero-order valence-corrected chi connectivity index (χ0v) is 15.5. The van der Waals surface area contributed by atoms with Crippen LogP contribution >= 0.6 is 0 Å². The fraction of sp³-hybridized carbons (Fsp3) is 0.368. The Morgan fingerprint density at radius 3 is 2.46 bits per heavy atom. The summed E-state index contributed by atoms with van der Waals surface area (Å²) in [5, 5.41) is 2.72. The molecule has 0 spiro atoms. The molecule has 1 fully saturated rings. The zero-order valence-electron chi connectivity index (χ0n) is 15.5. The third-order valence-corrected chi connectivity index (χ3v) is 4.51. The largest absolute Gasteiger partial charge is 0.353 e. The summed E-state index contributed by atoms with van der Waals surface area (Å²) in [4.78, 5) is 36.6. The van der Waals surface area contributed by atoms with Crippen LogP contribution in [0.4, 0.5) is 5.95 Å². The fourth-order valence-corrected chi connectivity index (χ4v) is 2.86. The Labute approximate surface area is 153 Å². The van der Waals surface area contributed by atoms with Gasteiger partial charge in [-0.3, -0.25) is 9.59 Å². The van der Waals surface area contributed by atoms with E-state index in [4.69, 9.17) is 0 Å². The first-order chi connectivity index (χ1) is 12.4. The highest BCUT2D eigenvalue weighted by Crippen LogP contribution is 2.25. The quantitative estimate of drug-likeness (QED) is 0.902. The van der Waals surface area contributed by atoms with E-state index in [1.165, 1.54) is 0 Å². The lowest BCUT2D eigenvalue weighted by Crippen LogP contribution is -2.49. The van der Waals surface area contributed by atoms with Gasteiger partial charge < -0.3 is 15.1 Å². The van der Waals surface area contributed by atoms with Crippen molar-refractivity contribution in [3.63, 3.8) is 0 Å². The van der Waals surface area contributed by atoms with Gasteiger partial charge in [0.15, 0.2) is 0 Å². The number of carbonyl (C=O) groups is 2. The smallest absolute Gasteiger partial charge is 0.254 e. The van der Waals surface area contributed by atoms with Gasteiger partial charge in [0.2, 0.25) is 11.9 Å². The summed E-state index contributed by atoms with van der Waals surface area (Å²) in [6, 6.07) is 7.36. The van der Waals surface area contributed by atoms with E-state index in [9.17, 15) is 9.59 Å². The van der Waals surface area contributed by atoms with Crippen LogP contribution in [0.25, 0.3) is 11.3 Å². The van der Waals surface area contributed by atoms with Crippen LogP contribution in [0.2, 0.25) is 0 Å². The molecule has 0 atom stereocenters. The lowest BCUT2D eigenvalue weighted by atomic mass is 10.0. The van der Waals surface area contributed by atoms with Crippen molar-refractivity contribution in [2.45, 2.75) is 13.8 Å². The van der Waals surface area contributed by atoms with Gasteiger partial charge in [-0.25, -0.2) is 9.97 Å². The minimum atomic E-state index is -0.129. The molecule has 3 rings (SSSR count). The standard InChI is InChI=1S/C19H23N5O2/c1-12-13(2)21-19(23(3)4)22-17(12)14-5-7-15(8-6-14)18(26)24-10-9-20-16(25)11-24/h5-8H,9-11H2,1-4H3,(H,20,25). The number of rotatable bonds is 3. The minimum absolute atomic E-state index is 0.108. The number of aryl methyl sites for hydroxylation is 1. The average Bonchev–Trinajstić information content (AvgIpc) is 2.63. The van der Waals surface area contributed by atoms with E-state index < -0.39 is 0 Å². The maximum atomic E-state index is 12.6. The number of piperazine rings is 1. The van der Waals surface area contributed by atoms with E-state index >= 15 is 0 Å². The number of amides is 2. The van der Waals surface area contributed by atoms with Crippen molar-refractivity contribution in [3.8, 4) is 11.3 Å². The third-order valence-electron chi connectivity index (χ3n) is 4.51. The molecule has 0 bridgehead atoms. The lowest BCUT2D eigenvalue weighted by molar-refractivity contribution is -0.123. The third kappa shape index (κ3) is 3.51. The van der Waals surface area contributed by atoms with Crippen LogP contribution in [0.15, 0.2) is 24.3 Å². The van der Waals surface area contributed by atoms with Crippen molar-refractivity contribution in [3.05, 3.63) is 41.1 Å². The van der Waals surface area contributed by atoms with Crippen LogP contribution in [0, 0.1) is 13.8 Å². The summed E-state index contributed by atoms with van der Waals surface area (Å²) in [5.74, 6) is 0.406. The van der Waals surface area contributed by atoms with E-state index in [2.05, 4.69) is 15.3 Å². The van der Waals surface area contributed by atoms with Crippen LogP contribution in [-0.2, 0) is 4.79 Å². The first-order valence-electron chi connectivity index (χ1n) is 8.56. The maximum Gasteiger partial charge on any atom is 0.254 e. The van der Waals surface area contributed by atoms with Crippen LogP contribution < -0.4 is 10.2 Å². The Kier molecular flexibility index (Phi) is 4.88. The average molecular weight is 353 g/mol. The van der Waals surface area contributed by atoms with Crippen molar-refractivity contribution >= 4 is 17.8 Å². The Hall–Kier alpha value is -2.96. The molecule has 2 heterocycles. The summed E-state index contributed by atoms with van der Waals surface area (Å²) >= 11 is 0. The van der Waals surface area contributed by atoms with E-state index in [-0.39, 0.29) is 18.4 Å². The van der Waals surface area contributed by atoms with Crippen LogP contribution in [0.3, 0.4) is 0 Å². The molecule has 0 aliphatic carbocycles. The number of hydrogen-bond acceptors (Lipinski definition) is 5. The van der Waals surface area contributed by atoms with Crippen LogP contribution in [0.1, 0.15) is 21.6 Å². The number of nitrogens with one attached hydrogen (secondary N) is 1. The van der Waals surface area contributed by atoms with Crippen LogP contribution in [-0.4, -0.2) is 60.4 Å². The highest BCUT2D eigenvalue weighted by molar-refractivity contribution is 5.97. The fourth-order valence-electron chi connectivity index (χ4n) is 2.86. The number of carbonyl (C=O) groups excluding carboxylic acids is 2. The van der Waals surface area contributed by atoms with Crippen molar-refractivity contribution < 1.29 is 9.59 Å². The Bertz CT molecular complexity index is 846. The normalized spacial score (nSPS) is 14.2. The molecule has 0 unspecified atom stereocenters.